The predicted octanol–water partition coefficient (Wildman–Crippen LogP) is 1.42. The van der Waals surface area contributed by atoms with Crippen LogP contribution in [0.2, 0.25) is 0 Å². The fourth-order valence-corrected chi connectivity index (χ4v) is 2.74. The van der Waals surface area contributed by atoms with Crippen LogP contribution < -0.4 is 10.6 Å². The molecule has 2 rings (SSSR count). The molecule has 7 heteroatoms. The lowest BCUT2D eigenvalue weighted by Gasteiger charge is -2.26. The van der Waals surface area contributed by atoms with E-state index in [1.165, 1.54) is 10.4 Å². The van der Waals surface area contributed by atoms with Gasteiger partial charge in [-0.15, -0.1) is 36.2 Å². The number of amides is 1. The van der Waals surface area contributed by atoms with Gasteiger partial charge in [-0.25, -0.2) is 0 Å². The third kappa shape index (κ3) is 6.10. The van der Waals surface area contributed by atoms with Crippen molar-refractivity contribution in [3.05, 3.63) is 21.9 Å². The van der Waals surface area contributed by atoms with Gasteiger partial charge in [0.25, 0.3) is 0 Å². The van der Waals surface area contributed by atoms with Crippen molar-refractivity contribution in [3.8, 4) is 0 Å². The van der Waals surface area contributed by atoms with E-state index >= 15 is 0 Å². The Bertz CT molecular complexity index is 381. The Morgan fingerprint density at radius 1 is 1.42 bits per heavy atom. The number of nitrogens with one attached hydrogen (secondary N) is 2. The zero-order valence-electron chi connectivity index (χ0n) is 11.0. The minimum absolute atomic E-state index is 0. The number of nitrogens with zero attached hydrogens (tertiary/aromatic N) is 1. The maximum Gasteiger partial charge on any atom is 0.234 e. The van der Waals surface area contributed by atoms with E-state index < -0.39 is 0 Å². The largest absolute Gasteiger partial charge is 0.350 e. The van der Waals surface area contributed by atoms with Crippen LogP contribution in [0.5, 0.6) is 0 Å². The SMILES string of the molecule is Cc1ccsc1CNC(=O)CN1CCNCC1.Cl.Cl. The lowest BCUT2D eigenvalue weighted by Crippen LogP contribution is -2.47. The molecule has 1 aromatic heterocycles. The van der Waals surface area contributed by atoms with E-state index in [0.717, 1.165) is 26.2 Å². The van der Waals surface area contributed by atoms with Gasteiger partial charge in [-0.05, 0) is 23.9 Å². The summed E-state index contributed by atoms with van der Waals surface area (Å²) in [5, 5.41) is 8.32. The number of rotatable bonds is 4. The van der Waals surface area contributed by atoms with Crippen molar-refractivity contribution in [2.45, 2.75) is 13.5 Å². The first kappa shape index (κ1) is 18.7. The van der Waals surface area contributed by atoms with E-state index in [-0.39, 0.29) is 30.7 Å². The third-order valence-electron chi connectivity index (χ3n) is 2.99. The van der Waals surface area contributed by atoms with E-state index in [1.54, 1.807) is 11.3 Å². The van der Waals surface area contributed by atoms with Gasteiger partial charge in [-0.2, -0.15) is 0 Å². The molecule has 2 heterocycles. The Morgan fingerprint density at radius 2 is 2.11 bits per heavy atom. The maximum absolute atomic E-state index is 11.7. The zero-order valence-corrected chi connectivity index (χ0v) is 13.4. The van der Waals surface area contributed by atoms with Crippen LogP contribution >= 0.6 is 36.2 Å². The monoisotopic (exact) mass is 325 g/mol. The lowest BCUT2D eigenvalue weighted by atomic mass is 10.3. The van der Waals surface area contributed by atoms with Gasteiger partial charge >= 0.3 is 0 Å². The highest BCUT2D eigenvalue weighted by atomic mass is 35.5. The Morgan fingerprint density at radius 3 is 2.68 bits per heavy atom. The van der Waals surface area contributed by atoms with Crippen molar-refractivity contribution in [1.82, 2.24) is 15.5 Å². The van der Waals surface area contributed by atoms with Crippen LogP contribution in [0.25, 0.3) is 0 Å². The van der Waals surface area contributed by atoms with Gasteiger partial charge in [0.05, 0.1) is 13.1 Å². The van der Waals surface area contributed by atoms with E-state index in [2.05, 4.69) is 33.9 Å². The third-order valence-corrected chi connectivity index (χ3v) is 4.01. The molecule has 0 saturated carbocycles. The number of aryl methyl sites for hydroxylation is 1. The fraction of sp³-hybridized carbons (Fsp3) is 0.583. The van der Waals surface area contributed by atoms with Gasteiger partial charge in [0.15, 0.2) is 0 Å². The summed E-state index contributed by atoms with van der Waals surface area (Å²) < 4.78 is 0. The molecule has 1 amide bonds. The summed E-state index contributed by atoms with van der Waals surface area (Å²) in [7, 11) is 0. The Balaban J connectivity index is 0.00000162. The van der Waals surface area contributed by atoms with E-state index in [0.29, 0.717) is 13.1 Å². The van der Waals surface area contributed by atoms with Crippen molar-refractivity contribution in [1.29, 1.82) is 0 Å². The van der Waals surface area contributed by atoms with Crippen LogP contribution in [-0.4, -0.2) is 43.5 Å². The molecule has 1 saturated heterocycles. The van der Waals surface area contributed by atoms with Gasteiger partial charge in [-0.3, -0.25) is 9.69 Å². The molecule has 0 radical (unpaired) electrons. The quantitative estimate of drug-likeness (QED) is 0.880. The highest BCUT2D eigenvalue weighted by Gasteiger charge is 2.13. The number of hydrogen-bond donors (Lipinski definition) is 2. The van der Waals surface area contributed by atoms with Crippen LogP contribution in [0.1, 0.15) is 10.4 Å². The first-order valence-electron chi connectivity index (χ1n) is 5.98. The summed E-state index contributed by atoms with van der Waals surface area (Å²) in [5.74, 6) is 0.125. The molecule has 19 heavy (non-hydrogen) atoms. The molecule has 0 bridgehead atoms. The van der Waals surface area contributed by atoms with Gasteiger partial charge < -0.3 is 10.6 Å². The van der Waals surface area contributed by atoms with Crippen LogP contribution in [-0.2, 0) is 11.3 Å². The number of halogens is 2. The minimum Gasteiger partial charge on any atom is -0.350 e. The number of carbonyl (C=O) groups is 1. The van der Waals surface area contributed by atoms with Crippen molar-refractivity contribution < 1.29 is 4.79 Å². The number of carbonyl (C=O) groups excluding carboxylic acids is 1. The maximum atomic E-state index is 11.7. The van der Waals surface area contributed by atoms with Gasteiger partial charge in [-0.1, -0.05) is 0 Å². The molecule has 1 aliphatic rings. The van der Waals surface area contributed by atoms with Crippen LogP contribution in [0.3, 0.4) is 0 Å². The summed E-state index contributed by atoms with van der Waals surface area (Å²) in [5.41, 5.74) is 1.26. The van der Waals surface area contributed by atoms with E-state index in [1.807, 2.05) is 0 Å². The van der Waals surface area contributed by atoms with Crippen molar-refractivity contribution in [3.63, 3.8) is 0 Å². The summed E-state index contributed by atoms with van der Waals surface area (Å²) in [6.07, 6.45) is 0. The van der Waals surface area contributed by atoms with Gasteiger partial charge in [0.2, 0.25) is 5.91 Å². The summed E-state index contributed by atoms with van der Waals surface area (Å²) >= 11 is 1.70. The summed E-state index contributed by atoms with van der Waals surface area (Å²) in [6, 6.07) is 2.09. The zero-order chi connectivity index (χ0) is 12.1. The minimum atomic E-state index is 0. The number of thiophene rings is 1. The summed E-state index contributed by atoms with van der Waals surface area (Å²) in [6.45, 7) is 7.15. The molecule has 0 aromatic carbocycles. The molecule has 4 nitrogen and oxygen atoms in total. The van der Waals surface area contributed by atoms with Crippen LogP contribution in [0.15, 0.2) is 11.4 Å². The number of hydrogen-bond acceptors (Lipinski definition) is 4. The van der Waals surface area contributed by atoms with Crippen molar-refractivity contribution in [2.75, 3.05) is 32.7 Å². The smallest absolute Gasteiger partial charge is 0.234 e. The predicted molar refractivity (Wildman–Crippen MR) is 84.7 cm³/mol. The Kier molecular flexibility index (Phi) is 9.39. The Hall–Kier alpha value is -0.330. The standard InChI is InChI=1S/C12H19N3OS.2ClH/c1-10-2-7-17-11(10)8-14-12(16)9-15-5-3-13-4-6-15;;/h2,7,13H,3-6,8-9H2,1H3,(H,14,16);2*1H. The molecule has 1 fully saturated rings. The molecule has 0 unspecified atom stereocenters. The first-order chi connectivity index (χ1) is 8.25. The average molecular weight is 326 g/mol. The Labute approximate surface area is 130 Å². The second kappa shape index (κ2) is 9.55. The molecule has 0 aliphatic carbocycles. The second-order valence-corrected chi connectivity index (χ2v) is 5.33. The van der Waals surface area contributed by atoms with Crippen LogP contribution in [0.4, 0.5) is 0 Å². The number of piperazine rings is 1. The molecular formula is C12H21Cl2N3OS. The normalized spacial score (nSPS) is 15.2. The molecular weight excluding hydrogens is 305 g/mol. The molecule has 2 N–H and O–H groups in total. The highest BCUT2D eigenvalue weighted by Crippen LogP contribution is 2.14. The topological polar surface area (TPSA) is 44.4 Å². The van der Waals surface area contributed by atoms with Crippen molar-refractivity contribution in [2.24, 2.45) is 0 Å². The van der Waals surface area contributed by atoms with Crippen molar-refractivity contribution >= 4 is 42.1 Å². The molecule has 110 valence electrons. The van der Waals surface area contributed by atoms with E-state index in [4.69, 9.17) is 0 Å². The summed E-state index contributed by atoms with van der Waals surface area (Å²) in [4.78, 5) is 15.2. The molecule has 0 spiro atoms. The molecule has 0 atom stereocenters. The van der Waals surface area contributed by atoms with E-state index in [9.17, 15) is 4.79 Å². The highest BCUT2D eigenvalue weighted by molar-refractivity contribution is 7.10. The second-order valence-electron chi connectivity index (χ2n) is 4.33. The average Bonchev–Trinajstić information content (AvgIpc) is 2.74. The fourth-order valence-electron chi connectivity index (χ4n) is 1.89. The molecule has 1 aliphatic heterocycles. The molecule has 1 aromatic rings. The van der Waals surface area contributed by atoms with Crippen LogP contribution in [0, 0.1) is 6.92 Å². The first-order valence-corrected chi connectivity index (χ1v) is 6.86. The lowest BCUT2D eigenvalue weighted by molar-refractivity contribution is -0.122. The van der Waals surface area contributed by atoms with Gasteiger partial charge in [0.1, 0.15) is 0 Å². The van der Waals surface area contributed by atoms with Gasteiger partial charge in [0, 0.05) is 31.1 Å².